The monoisotopic (exact) mass is 251 g/mol. The molecule has 1 aromatic carbocycles. The minimum Gasteiger partial charge on any atom is -0.480 e. The van der Waals surface area contributed by atoms with Gasteiger partial charge in [-0.3, -0.25) is 9.59 Å². The molecule has 1 aliphatic rings. The Morgan fingerprint density at radius 2 is 1.94 bits per heavy atom. The van der Waals surface area contributed by atoms with Gasteiger partial charge < -0.3 is 19.9 Å². The minimum absolute atomic E-state index is 0.112. The summed E-state index contributed by atoms with van der Waals surface area (Å²) in [4.78, 5) is 23.0. The van der Waals surface area contributed by atoms with Gasteiger partial charge in [0, 0.05) is 5.56 Å². The third kappa shape index (κ3) is 2.02. The number of hydrogen-bond donors (Lipinski definition) is 2. The van der Waals surface area contributed by atoms with Crippen molar-refractivity contribution in [3.8, 4) is 11.5 Å². The molecule has 6 heteroatoms. The van der Waals surface area contributed by atoms with Crippen molar-refractivity contribution in [2.24, 2.45) is 0 Å². The van der Waals surface area contributed by atoms with Crippen LogP contribution in [-0.4, -0.2) is 36.7 Å². The Morgan fingerprint density at radius 1 is 1.33 bits per heavy atom. The van der Waals surface area contributed by atoms with Crippen molar-refractivity contribution in [1.29, 1.82) is 0 Å². The van der Waals surface area contributed by atoms with Crippen LogP contribution < -0.4 is 14.8 Å². The Labute approximate surface area is 104 Å². The highest BCUT2D eigenvalue weighted by Crippen LogP contribution is 2.34. The van der Waals surface area contributed by atoms with Gasteiger partial charge in [0.05, 0.1) is 0 Å². The normalized spacial score (nSPS) is 14.3. The zero-order chi connectivity index (χ0) is 13.3. The van der Waals surface area contributed by atoms with E-state index in [9.17, 15) is 9.59 Å². The maximum Gasteiger partial charge on any atom is 0.328 e. The van der Waals surface area contributed by atoms with Crippen LogP contribution in [0.25, 0.3) is 0 Å². The minimum atomic E-state index is -1.26. The van der Waals surface area contributed by atoms with Crippen LogP contribution in [-0.2, 0) is 4.79 Å². The second kappa shape index (κ2) is 4.66. The van der Waals surface area contributed by atoms with Gasteiger partial charge in [-0.15, -0.1) is 0 Å². The fourth-order valence-electron chi connectivity index (χ4n) is 1.83. The van der Waals surface area contributed by atoms with Gasteiger partial charge in [0.1, 0.15) is 0 Å². The summed E-state index contributed by atoms with van der Waals surface area (Å²) in [6.45, 7) is 1.84. The van der Waals surface area contributed by atoms with E-state index >= 15 is 0 Å². The van der Waals surface area contributed by atoms with Crippen LogP contribution in [0.3, 0.4) is 0 Å². The number of benzene rings is 1. The number of fused-ring (bicyclic) bond motifs is 1. The lowest BCUT2D eigenvalue weighted by Gasteiger charge is -2.12. The molecule has 0 saturated carbocycles. The van der Waals surface area contributed by atoms with E-state index in [1.807, 2.05) is 0 Å². The summed E-state index contributed by atoms with van der Waals surface area (Å²) in [5.41, 5.74) is 0.978. The van der Waals surface area contributed by atoms with E-state index in [2.05, 4.69) is 5.32 Å². The predicted molar refractivity (Wildman–Crippen MR) is 62.1 cm³/mol. The molecule has 0 aromatic heterocycles. The van der Waals surface area contributed by atoms with Crippen LogP contribution in [0.5, 0.6) is 11.5 Å². The van der Waals surface area contributed by atoms with Gasteiger partial charge in [-0.1, -0.05) is 0 Å². The number of nitrogens with one attached hydrogen (secondary N) is 1. The highest BCUT2D eigenvalue weighted by atomic mass is 16.7. The quantitative estimate of drug-likeness (QED) is 0.601. The fraction of sp³-hybridized carbons (Fsp3) is 0.333. The molecule has 0 spiro atoms. The predicted octanol–water partition coefficient (Wildman–Crippen LogP) is 0.579. The van der Waals surface area contributed by atoms with Gasteiger partial charge >= 0.3 is 5.97 Å². The van der Waals surface area contributed by atoms with Crippen LogP contribution in [0, 0.1) is 6.92 Å². The van der Waals surface area contributed by atoms with E-state index in [1.54, 1.807) is 13.0 Å². The smallest absolute Gasteiger partial charge is 0.328 e. The third-order valence-corrected chi connectivity index (χ3v) is 2.78. The first-order valence-corrected chi connectivity index (χ1v) is 5.39. The first-order chi connectivity index (χ1) is 8.54. The number of hydrogen-bond acceptors (Lipinski definition) is 5. The van der Waals surface area contributed by atoms with Gasteiger partial charge in [-0.05, 0) is 31.7 Å². The summed E-state index contributed by atoms with van der Waals surface area (Å²) in [5.74, 6) is -0.676. The number of likely N-dealkylation sites (N-methyl/N-ethyl adjacent to an activating group) is 1. The highest BCUT2D eigenvalue weighted by molar-refractivity contribution is 6.12. The van der Waals surface area contributed by atoms with E-state index in [1.165, 1.54) is 13.1 Å². The van der Waals surface area contributed by atoms with Gasteiger partial charge in [0.15, 0.2) is 23.3 Å². The molecule has 0 saturated heterocycles. The lowest BCUT2D eigenvalue weighted by molar-refractivity contribution is -0.137. The van der Waals surface area contributed by atoms with Gasteiger partial charge in [0.2, 0.25) is 6.79 Å². The molecule has 1 aromatic rings. The molecule has 6 nitrogen and oxygen atoms in total. The molecule has 1 heterocycles. The lowest BCUT2D eigenvalue weighted by Crippen LogP contribution is -2.41. The van der Waals surface area contributed by atoms with E-state index in [-0.39, 0.29) is 6.79 Å². The molecular formula is C12H13NO5. The molecule has 96 valence electrons. The Morgan fingerprint density at radius 3 is 2.50 bits per heavy atom. The third-order valence-electron chi connectivity index (χ3n) is 2.78. The highest BCUT2D eigenvalue weighted by Gasteiger charge is 2.28. The molecule has 1 unspecified atom stereocenters. The maximum absolute atomic E-state index is 12.1. The summed E-state index contributed by atoms with van der Waals surface area (Å²) in [5, 5.41) is 11.4. The van der Waals surface area contributed by atoms with Crippen molar-refractivity contribution in [2.45, 2.75) is 13.0 Å². The van der Waals surface area contributed by atoms with E-state index < -0.39 is 17.8 Å². The van der Waals surface area contributed by atoms with Crippen LogP contribution in [0.15, 0.2) is 12.1 Å². The van der Waals surface area contributed by atoms with Crippen LogP contribution >= 0.6 is 0 Å². The molecule has 0 bridgehead atoms. The zero-order valence-corrected chi connectivity index (χ0v) is 10.0. The first-order valence-electron chi connectivity index (χ1n) is 5.39. The molecule has 0 fully saturated rings. The molecule has 2 N–H and O–H groups in total. The summed E-state index contributed by atoms with van der Waals surface area (Å²) in [6, 6.07) is 1.93. The number of aliphatic carboxylic acids is 1. The Hall–Kier alpha value is -2.08. The maximum atomic E-state index is 12.1. The summed E-state index contributed by atoms with van der Waals surface area (Å²) >= 11 is 0. The number of carbonyl (C=O) groups excluding carboxylic acids is 1. The Kier molecular flexibility index (Phi) is 3.20. The lowest BCUT2D eigenvalue weighted by atomic mass is 9.99. The average molecular weight is 251 g/mol. The number of ketones is 1. The Bertz CT molecular complexity index is 511. The summed E-state index contributed by atoms with van der Waals surface area (Å²) < 4.78 is 10.4. The second-order valence-electron chi connectivity index (χ2n) is 3.94. The fourth-order valence-corrected chi connectivity index (χ4v) is 1.83. The molecule has 1 atom stereocenters. The van der Waals surface area contributed by atoms with Gasteiger partial charge in [0.25, 0.3) is 0 Å². The van der Waals surface area contributed by atoms with E-state index in [4.69, 9.17) is 14.6 Å². The van der Waals surface area contributed by atoms with Gasteiger partial charge in [-0.25, -0.2) is 0 Å². The van der Waals surface area contributed by atoms with Crippen molar-refractivity contribution >= 4 is 11.8 Å². The van der Waals surface area contributed by atoms with Crippen molar-refractivity contribution in [2.75, 3.05) is 13.8 Å². The van der Waals surface area contributed by atoms with Crippen molar-refractivity contribution in [3.05, 3.63) is 23.3 Å². The first kappa shape index (κ1) is 12.4. The van der Waals surface area contributed by atoms with Crippen molar-refractivity contribution < 1.29 is 24.2 Å². The van der Waals surface area contributed by atoms with E-state index in [0.717, 1.165) is 0 Å². The van der Waals surface area contributed by atoms with Crippen LogP contribution in [0.1, 0.15) is 15.9 Å². The Balaban J connectivity index is 2.39. The van der Waals surface area contributed by atoms with Crippen LogP contribution in [0.2, 0.25) is 0 Å². The SMILES string of the molecule is CNC(C(=O)O)C(=O)c1cc2c(cc1C)OCO2. The topological polar surface area (TPSA) is 84.9 Å². The van der Waals surface area contributed by atoms with Crippen LogP contribution in [0.4, 0.5) is 0 Å². The van der Waals surface area contributed by atoms with Crippen molar-refractivity contribution in [3.63, 3.8) is 0 Å². The number of carbonyl (C=O) groups is 2. The molecule has 18 heavy (non-hydrogen) atoms. The van der Waals surface area contributed by atoms with Gasteiger partial charge in [-0.2, -0.15) is 0 Å². The number of ether oxygens (including phenoxy) is 2. The number of Topliss-reactive ketones (excluding diaryl/α,β-unsaturated/α-hetero) is 1. The van der Waals surface area contributed by atoms with Crippen molar-refractivity contribution in [1.82, 2.24) is 5.32 Å². The largest absolute Gasteiger partial charge is 0.480 e. The zero-order valence-electron chi connectivity index (χ0n) is 10.0. The summed E-state index contributed by atoms with van der Waals surface area (Å²) in [6.07, 6.45) is 0. The summed E-state index contributed by atoms with van der Waals surface area (Å²) in [7, 11) is 1.43. The number of rotatable bonds is 4. The molecule has 0 radical (unpaired) electrons. The number of carboxylic acids is 1. The molecular weight excluding hydrogens is 238 g/mol. The molecule has 2 rings (SSSR count). The molecule has 0 amide bonds. The molecule has 1 aliphatic heterocycles. The standard InChI is InChI=1S/C12H13NO5/c1-6-3-8-9(18-5-17-8)4-7(6)11(14)10(13-2)12(15)16/h3-4,10,13H,5H2,1-2H3,(H,15,16). The number of aryl methyl sites for hydroxylation is 1. The second-order valence-corrected chi connectivity index (χ2v) is 3.94. The van der Waals surface area contributed by atoms with E-state index in [0.29, 0.717) is 22.6 Å². The number of carboxylic acid groups (broad SMARTS) is 1. The average Bonchev–Trinajstić information content (AvgIpc) is 2.75. The molecule has 0 aliphatic carbocycles.